The Morgan fingerprint density at radius 1 is 0.641 bits per heavy atom. The summed E-state index contributed by atoms with van der Waals surface area (Å²) in [5.74, 6) is -1.04. The van der Waals surface area contributed by atoms with Gasteiger partial charge in [0.1, 0.15) is 17.7 Å². The lowest BCUT2D eigenvalue weighted by atomic mass is 10.0. The first kappa shape index (κ1) is 50.5. The molecule has 1 amide bonds. The summed E-state index contributed by atoms with van der Waals surface area (Å²) >= 11 is 12.6. The fourth-order valence-corrected chi connectivity index (χ4v) is 7.01. The van der Waals surface area contributed by atoms with Gasteiger partial charge in [-0.2, -0.15) is 0 Å². The Labute approximate surface area is 389 Å². The van der Waals surface area contributed by atoms with E-state index in [9.17, 15) is 24.0 Å². The van der Waals surface area contributed by atoms with E-state index >= 15 is 0 Å². The maximum atomic E-state index is 13.1. The van der Waals surface area contributed by atoms with Crippen molar-refractivity contribution in [1.82, 2.24) is 14.5 Å². The Morgan fingerprint density at radius 2 is 1.05 bits per heavy atom. The number of hydrogen-bond acceptors (Lipinski definition) is 9. The van der Waals surface area contributed by atoms with Gasteiger partial charge in [0, 0.05) is 29.9 Å². The van der Waals surface area contributed by atoms with E-state index in [-0.39, 0.29) is 31.4 Å². The van der Waals surface area contributed by atoms with E-state index in [1.165, 1.54) is 14.2 Å². The van der Waals surface area contributed by atoms with Crippen LogP contribution in [0.15, 0.2) is 143 Å². The second-order valence-corrected chi connectivity index (χ2v) is 16.5. The fraction of sp³-hybridized carbons (Fsp3) is 0.245. The molecule has 0 radical (unpaired) electrons. The van der Waals surface area contributed by atoms with Gasteiger partial charge in [0.2, 0.25) is 0 Å². The highest BCUT2D eigenvalue weighted by atomic mass is 35.5. The number of carbonyl (C=O) groups is 3. The van der Waals surface area contributed by atoms with Crippen LogP contribution in [0.25, 0.3) is 22.3 Å². The third-order valence-electron chi connectivity index (χ3n) is 9.60. The topological polar surface area (TPSA) is 161 Å². The highest BCUT2D eigenvalue weighted by Crippen LogP contribution is 2.23. The summed E-state index contributed by atoms with van der Waals surface area (Å²) in [6.07, 6.45) is 3.12. The quantitative estimate of drug-likeness (QED) is 0.0854. The van der Waals surface area contributed by atoms with Crippen molar-refractivity contribution < 1.29 is 30.0 Å². The maximum absolute atomic E-state index is 13.1. The molecule has 0 aliphatic heterocycles. The van der Waals surface area contributed by atoms with Crippen LogP contribution < -0.4 is 22.2 Å². The molecule has 0 spiro atoms. The van der Waals surface area contributed by atoms with Crippen LogP contribution in [0.3, 0.4) is 0 Å². The Hall–Kier alpha value is -6.18. The summed E-state index contributed by atoms with van der Waals surface area (Å²) < 4.78 is 17.9. The number of aromatic nitrogens is 2. The first-order chi connectivity index (χ1) is 30.0. The van der Waals surface area contributed by atoms with Crippen molar-refractivity contribution in [3.63, 3.8) is 0 Å². The van der Waals surface area contributed by atoms with Crippen LogP contribution >= 0.6 is 35.6 Å². The number of esters is 2. The zero-order chi connectivity index (χ0) is 45.7. The van der Waals surface area contributed by atoms with Gasteiger partial charge in [-0.1, -0.05) is 132 Å². The summed E-state index contributed by atoms with van der Waals surface area (Å²) in [6.45, 7) is 6.06. The zero-order valence-corrected chi connectivity index (χ0v) is 38.4. The highest BCUT2D eigenvalue weighted by molar-refractivity contribution is 6.31. The van der Waals surface area contributed by atoms with Crippen LogP contribution in [0.2, 0.25) is 10.0 Å². The molecule has 2 atom stereocenters. The molecule has 2 heterocycles. The Kier molecular flexibility index (Phi) is 18.5. The summed E-state index contributed by atoms with van der Waals surface area (Å²) in [5, 5.41) is 3.50. The number of alkyl carbamates (subject to hydrolysis) is 1. The van der Waals surface area contributed by atoms with E-state index in [2.05, 4.69) is 10.1 Å². The normalized spacial score (nSPS) is 11.8. The first-order valence-electron chi connectivity index (χ1n) is 20.0. The second kappa shape index (κ2) is 23.5. The van der Waals surface area contributed by atoms with Gasteiger partial charge in [0.15, 0.2) is 0 Å². The number of nitrogens with two attached hydrogens (primary N) is 1. The van der Waals surface area contributed by atoms with Gasteiger partial charge in [-0.15, -0.1) is 12.4 Å². The van der Waals surface area contributed by atoms with E-state index in [0.717, 1.165) is 27.8 Å². The molecular weight excluding hydrogens is 879 g/mol. The molecule has 0 aliphatic carbocycles. The summed E-state index contributed by atoms with van der Waals surface area (Å²) in [4.78, 5) is 61.9. The van der Waals surface area contributed by atoms with Crippen LogP contribution in [-0.2, 0) is 49.7 Å². The molecule has 0 fully saturated rings. The molecule has 6 aromatic rings. The molecule has 0 aliphatic rings. The number of nitrogens with zero attached hydrogens (tertiary/aromatic N) is 2. The van der Waals surface area contributed by atoms with Crippen molar-refractivity contribution in [2.45, 2.75) is 64.4 Å². The van der Waals surface area contributed by atoms with E-state index in [4.69, 9.17) is 38.4 Å². The van der Waals surface area contributed by atoms with Crippen molar-refractivity contribution in [3.8, 4) is 22.3 Å². The van der Waals surface area contributed by atoms with Crippen LogP contribution in [0.4, 0.5) is 4.79 Å². The third-order valence-corrected chi connectivity index (χ3v) is 10.0. The number of nitrogens with one attached hydrogen (secondary N) is 1. The molecule has 2 unspecified atom stereocenters. The van der Waals surface area contributed by atoms with E-state index in [0.29, 0.717) is 46.2 Å². The molecule has 15 heteroatoms. The number of hydrogen-bond donors (Lipinski definition) is 2. The Bertz CT molecular complexity index is 2620. The molecule has 2 aromatic heterocycles. The first-order valence-corrected chi connectivity index (χ1v) is 20.8. The molecule has 338 valence electrons. The fourth-order valence-electron chi connectivity index (χ4n) is 6.56. The number of ether oxygens (including phenoxy) is 3. The molecular formula is C49H52Cl3N4O8-. The maximum Gasteiger partial charge on any atom is 0.408 e. The minimum absolute atomic E-state index is 0. The highest BCUT2D eigenvalue weighted by Gasteiger charge is 2.25. The number of methoxy groups -OCH3 is 2. The monoisotopic (exact) mass is 929 g/mol. The van der Waals surface area contributed by atoms with Crippen molar-refractivity contribution in [1.29, 1.82) is 0 Å². The molecule has 0 saturated heterocycles. The molecule has 0 saturated carbocycles. The average Bonchev–Trinajstić information content (AvgIpc) is 3.26. The van der Waals surface area contributed by atoms with Crippen molar-refractivity contribution in [2.24, 2.45) is 5.73 Å². The molecule has 3 N–H and O–H groups in total. The van der Waals surface area contributed by atoms with Crippen molar-refractivity contribution in [2.75, 3.05) is 14.2 Å². The lowest BCUT2D eigenvalue weighted by Crippen LogP contribution is -2.45. The second-order valence-electron chi connectivity index (χ2n) is 15.6. The van der Waals surface area contributed by atoms with Gasteiger partial charge in [0.05, 0.1) is 37.4 Å². The number of rotatable bonds is 13. The molecule has 4 aromatic carbocycles. The van der Waals surface area contributed by atoms with E-state index in [1.54, 1.807) is 78.7 Å². The van der Waals surface area contributed by atoms with Gasteiger partial charge in [0.25, 0.3) is 11.1 Å². The summed E-state index contributed by atoms with van der Waals surface area (Å²) in [6, 6.07) is 35.6. The lowest BCUT2D eigenvalue weighted by Gasteiger charge is -2.22. The van der Waals surface area contributed by atoms with Crippen molar-refractivity contribution in [3.05, 3.63) is 187 Å². The van der Waals surface area contributed by atoms with Crippen LogP contribution in [0.5, 0.6) is 0 Å². The van der Waals surface area contributed by atoms with Crippen LogP contribution in [0, 0.1) is 0 Å². The number of halogens is 3. The average molecular weight is 931 g/mol. The molecule has 12 nitrogen and oxygen atoms in total. The SMILES string of the molecule is COC(=O)C(Cc1ccc(-c2cc(Cl)cn(Cc3ccccc3)c2=O)cc1)NC(=O)OC(C)(C)C.COC(=O)C(N)Cc1ccc(-c2cc(Cl)cn(Cc3ccccc3)c2=O)cc1.Cl.[H-]. The standard InChI is InChI=1S/C27H29ClN2O5.C22H21ClN2O3.ClH.H/c1-27(2,3)35-26(33)29-23(25(32)34-4)14-18-10-12-20(13-11-18)22-15-21(28)17-30(24(22)31)16-19-8-6-5-7-9-19;1-28-22(27)20(24)11-15-7-9-17(10-8-15)19-12-18(23)14-25(21(19)26)13-16-5-3-2-4-6-16;;/h5-13,15,17,23H,14,16H2,1-4H3,(H,29,33);2-10,12,14,20H,11,13,24H2,1H3;1H;/q;;;-1. The Balaban J connectivity index is 0.000000342. The smallest absolute Gasteiger partial charge is 0.408 e. The molecule has 0 bridgehead atoms. The van der Waals surface area contributed by atoms with Gasteiger partial charge in [-0.3, -0.25) is 14.4 Å². The minimum Gasteiger partial charge on any atom is -1.00 e. The summed E-state index contributed by atoms with van der Waals surface area (Å²) in [5.41, 5.74) is 10.9. The van der Waals surface area contributed by atoms with E-state index in [1.807, 2.05) is 84.9 Å². The number of carbonyl (C=O) groups excluding carboxylic acids is 3. The van der Waals surface area contributed by atoms with Gasteiger partial charge in [-0.05, 0) is 72.7 Å². The predicted octanol–water partition coefficient (Wildman–Crippen LogP) is 8.62. The number of pyridine rings is 2. The minimum atomic E-state index is -0.921. The third kappa shape index (κ3) is 14.7. The lowest BCUT2D eigenvalue weighted by molar-refractivity contribution is -0.143. The van der Waals surface area contributed by atoms with Crippen LogP contribution in [-0.4, -0.2) is 59.1 Å². The largest absolute Gasteiger partial charge is 1.00 e. The summed E-state index contributed by atoms with van der Waals surface area (Å²) in [7, 11) is 2.57. The van der Waals surface area contributed by atoms with Gasteiger partial charge < -0.3 is 35.8 Å². The molecule has 6 rings (SSSR count). The van der Waals surface area contributed by atoms with E-state index < -0.39 is 35.7 Å². The van der Waals surface area contributed by atoms with Gasteiger partial charge >= 0.3 is 18.0 Å². The van der Waals surface area contributed by atoms with Gasteiger partial charge in [-0.25, -0.2) is 9.59 Å². The predicted molar refractivity (Wildman–Crippen MR) is 254 cm³/mol. The number of benzene rings is 4. The Morgan fingerprint density at radius 3 is 1.44 bits per heavy atom. The van der Waals surface area contributed by atoms with Crippen LogP contribution in [0.1, 0.15) is 44.5 Å². The number of amides is 1. The van der Waals surface area contributed by atoms with Crippen molar-refractivity contribution >= 4 is 53.6 Å². The zero-order valence-electron chi connectivity index (χ0n) is 37.1. The molecule has 64 heavy (non-hydrogen) atoms.